The maximum Gasteiger partial charge on any atom is 0.323 e. The van der Waals surface area contributed by atoms with Gasteiger partial charge in [-0.1, -0.05) is 29.8 Å². The fraction of sp³-hybridized carbons (Fsp3) is 0.438. The van der Waals surface area contributed by atoms with Crippen LogP contribution in [0.5, 0.6) is 0 Å². The second-order valence-electron chi connectivity index (χ2n) is 5.84. The molecule has 6 heteroatoms. The van der Waals surface area contributed by atoms with Crippen LogP contribution < -0.4 is 5.32 Å². The van der Waals surface area contributed by atoms with Crippen LogP contribution in [0.4, 0.5) is 0 Å². The molecule has 1 aromatic carbocycles. The molecule has 2 fully saturated rings. The number of hydrogen-bond donors (Lipinski definition) is 1. The van der Waals surface area contributed by atoms with E-state index in [2.05, 4.69) is 5.32 Å². The molecule has 1 N–H and O–H groups in total. The molecule has 0 bridgehead atoms. The van der Waals surface area contributed by atoms with Gasteiger partial charge in [-0.15, -0.1) is 0 Å². The SMILES string of the molecule is COC(=O)[C@@H]1NC(c2ccc(C)cc2)[C@H]2C(=O)N(C)C(=O)[C@H]21. The van der Waals surface area contributed by atoms with Crippen LogP contribution in [0, 0.1) is 18.8 Å². The number of nitrogens with zero attached hydrogens (tertiary/aromatic N) is 1. The number of hydrogen-bond acceptors (Lipinski definition) is 5. The summed E-state index contributed by atoms with van der Waals surface area (Å²) in [7, 11) is 2.74. The first-order valence-electron chi connectivity index (χ1n) is 7.17. The summed E-state index contributed by atoms with van der Waals surface area (Å²) in [6.45, 7) is 1.98. The van der Waals surface area contributed by atoms with Crippen LogP contribution in [-0.2, 0) is 19.1 Å². The average Bonchev–Trinajstić information content (AvgIpc) is 3.01. The van der Waals surface area contributed by atoms with Crippen molar-refractivity contribution >= 4 is 17.8 Å². The largest absolute Gasteiger partial charge is 0.468 e. The molecule has 116 valence electrons. The fourth-order valence-electron chi connectivity index (χ4n) is 3.38. The minimum atomic E-state index is -0.789. The van der Waals surface area contributed by atoms with E-state index in [-0.39, 0.29) is 17.9 Å². The van der Waals surface area contributed by atoms with Crippen molar-refractivity contribution in [3.63, 3.8) is 0 Å². The van der Waals surface area contributed by atoms with Crippen molar-refractivity contribution in [3.8, 4) is 0 Å². The third kappa shape index (κ3) is 2.02. The minimum absolute atomic E-state index is 0.250. The lowest BCUT2D eigenvalue weighted by atomic mass is 9.86. The lowest BCUT2D eigenvalue weighted by Crippen LogP contribution is -2.42. The van der Waals surface area contributed by atoms with Gasteiger partial charge in [0.25, 0.3) is 0 Å². The molecule has 0 radical (unpaired) electrons. The number of amides is 2. The summed E-state index contributed by atoms with van der Waals surface area (Å²) in [5, 5.41) is 3.12. The van der Waals surface area contributed by atoms with Gasteiger partial charge >= 0.3 is 5.97 Å². The molecule has 1 unspecified atom stereocenters. The lowest BCUT2D eigenvalue weighted by molar-refractivity contribution is -0.147. The molecule has 2 heterocycles. The number of carbonyl (C=O) groups is 3. The van der Waals surface area contributed by atoms with E-state index in [1.165, 1.54) is 14.2 Å². The van der Waals surface area contributed by atoms with E-state index in [0.717, 1.165) is 16.0 Å². The van der Waals surface area contributed by atoms with Gasteiger partial charge in [0.15, 0.2) is 0 Å². The number of fused-ring (bicyclic) bond motifs is 1. The van der Waals surface area contributed by atoms with Crippen LogP contribution in [0.2, 0.25) is 0 Å². The standard InChI is InChI=1S/C16H18N2O4/c1-8-4-6-9(7-5-8)12-10-11(13(17-12)16(21)22-3)15(20)18(2)14(10)19/h4-7,10-13,17H,1-3H3/t10-,11+,12?,13+/m0/s1. The molecule has 0 aromatic heterocycles. The number of methoxy groups -OCH3 is 1. The van der Waals surface area contributed by atoms with Crippen molar-refractivity contribution in [1.82, 2.24) is 10.2 Å². The van der Waals surface area contributed by atoms with Gasteiger partial charge in [-0.2, -0.15) is 0 Å². The Hall–Kier alpha value is -2.21. The van der Waals surface area contributed by atoms with Gasteiger partial charge in [0.2, 0.25) is 11.8 Å². The highest BCUT2D eigenvalue weighted by Crippen LogP contribution is 2.43. The van der Waals surface area contributed by atoms with Crippen LogP contribution in [-0.4, -0.2) is 42.9 Å². The monoisotopic (exact) mass is 302 g/mol. The number of benzene rings is 1. The van der Waals surface area contributed by atoms with E-state index in [0.29, 0.717) is 0 Å². The summed E-state index contributed by atoms with van der Waals surface area (Å²) in [4.78, 5) is 37.8. The highest BCUT2D eigenvalue weighted by molar-refractivity contribution is 6.08. The van der Waals surface area contributed by atoms with Gasteiger partial charge in [0, 0.05) is 13.1 Å². The topological polar surface area (TPSA) is 75.7 Å². The molecule has 2 amide bonds. The van der Waals surface area contributed by atoms with Gasteiger partial charge < -0.3 is 4.74 Å². The first kappa shape index (κ1) is 14.7. The summed E-state index contributed by atoms with van der Waals surface area (Å²) in [5.74, 6) is -2.35. The Morgan fingerprint density at radius 1 is 1.14 bits per heavy atom. The summed E-state index contributed by atoms with van der Waals surface area (Å²) in [5.41, 5.74) is 2.00. The van der Waals surface area contributed by atoms with Crippen LogP contribution in [0.25, 0.3) is 0 Å². The number of ether oxygens (including phenoxy) is 1. The highest BCUT2D eigenvalue weighted by Gasteiger charge is 2.60. The quantitative estimate of drug-likeness (QED) is 0.633. The van der Waals surface area contributed by atoms with Crippen molar-refractivity contribution in [1.29, 1.82) is 0 Å². The van der Waals surface area contributed by atoms with E-state index in [1.54, 1.807) is 0 Å². The number of rotatable bonds is 2. The van der Waals surface area contributed by atoms with Crippen molar-refractivity contribution in [3.05, 3.63) is 35.4 Å². The zero-order valence-corrected chi connectivity index (χ0v) is 12.7. The molecule has 2 aliphatic rings. The molecule has 22 heavy (non-hydrogen) atoms. The lowest BCUT2D eigenvalue weighted by Gasteiger charge is -2.19. The molecule has 4 atom stereocenters. The fourth-order valence-corrected chi connectivity index (χ4v) is 3.38. The summed E-state index contributed by atoms with van der Waals surface area (Å²) >= 11 is 0. The van der Waals surface area contributed by atoms with Crippen LogP contribution in [0.3, 0.4) is 0 Å². The van der Waals surface area contributed by atoms with E-state index in [9.17, 15) is 14.4 Å². The second kappa shape index (κ2) is 5.21. The van der Waals surface area contributed by atoms with Crippen LogP contribution in [0.1, 0.15) is 17.2 Å². The first-order valence-corrected chi connectivity index (χ1v) is 7.17. The zero-order valence-electron chi connectivity index (χ0n) is 12.7. The van der Waals surface area contributed by atoms with E-state index in [4.69, 9.17) is 4.74 Å². The number of likely N-dealkylation sites (tertiary alicyclic amines) is 1. The third-order valence-corrected chi connectivity index (χ3v) is 4.59. The van der Waals surface area contributed by atoms with Crippen molar-refractivity contribution < 1.29 is 19.1 Å². The zero-order chi connectivity index (χ0) is 16.0. The Bertz CT molecular complexity index is 640. The molecular weight excluding hydrogens is 284 g/mol. The Labute approximate surface area is 128 Å². The number of nitrogens with one attached hydrogen (secondary N) is 1. The second-order valence-corrected chi connectivity index (χ2v) is 5.84. The third-order valence-electron chi connectivity index (χ3n) is 4.59. The Kier molecular flexibility index (Phi) is 3.48. The molecule has 6 nitrogen and oxygen atoms in total. The van der Waals surface area contributed by atoms with E-state index in [1.807, 2.05) is 31.2 Å². The summed E-state index contributed by atoms with van der Waals surface area (Å²) < 4.78 is 4.78. The predicted molar refractivity (Wildman–Crippen MR) is 77.6 cm³/mol. The Morgan fingerprint density at radius 2 is 1.73 bits per heavy atom. The first-order chi connectivity index (χ1) is 10.5. The predicted octanol–water partition coefficient (Wildman–Crippen LogP) is 0.412. The van der Waals surface area contributed by atoms with Crippen molar-refractivity contribution in [2.75, 3.05) is 14.2 Å². The molecule has 0 spiro atoms. The Balaban J connectivity index is 2.01. The van der Waals surface area contributed by atoms with Gasteiger partial charge in [0.1, 0.15) is 6.04 Å². The van der Waals surface area contributed by atoms with Crippen LogP contribution >= 0.6 is 0 Å². The number of esters is 1. The maximum absolute atomic E-state index is 12.4. The smallest absolute Gasteiger partial charge is 0.323 e. The van der Waals surface area contributed by atoms with E-state index >= 15 is 0 Å². The maximum atomic E-state index is 12.4. The summed E-state index contributed by atoms with van der Waals surface area (Å²) in [6.07, 6.45) is 0. The van der Waals surface area contributed by atoms with Crippen molar-refractivity contribution in [2.24, 2.45) is 11.8 Å². The average molecular weight is 302 g/mol. The molecule has 0 aliphatic carbocycles. The molecule has 1 aromatic rings. The van der Waals surface area contributed by atoms with Gasteiger partial charge in [-0.05, 0) is 12.5 Å². The molecule has 0 saturated carbocycles. The van der Waals surface area contributed by atoms with E-state index < -0.39 is 23.8 Å². The number of imide groups is 1. The van der Waals surface area contributed by atoms with Crippen LogP contribution in [0.15, 0.2) is 24.3 Å². The Morgan fingerprint density at radius 3 is 2.32 bits per heavy atom. The number of aryl methyl sites for hydroxylation is 1. The number of carbonyl (C=O) groups excluding carboxylic acids is 3. The normalized spacial score (nSPS) is 30.6. The van der Waals surface area contributed by atoms with Gasteiger partial charge in [-0.3, -0.25) is 24.6 Å². The molecule has 3 rings (SSSR count). The molecule has 2 aliphatic heterocycles. The molecule has 2 saturated heterocycles. The summed E-state index contributed by atoms with van der Waals surface area (Å²) in [6, 6.07) is 6.57. The minimum Gasteiger partial charge on any atom is -0.468 e. The van der Waals surface area contributed by atoms with Gasteiger partial charge in [-0.25, -0.2) is 0 Å². The highest BCUT2D eigenvalue weighted by atomic mass is 16.5. The van der Waals surface area contributed by atoms with Gasteiger partial charge in [0.05, 0.1) is 18.9 Å². The van der Waals surface area contributed by atoms with Crippen molar-refractivity contribution in [2.45, 2.75) is 19.0 Å². The molecular formula is C16H18N2O4.